The number of hydrogen-bond donors (Lipinski definition) is 1. The van der Waals surface area contributed by atoms with Crippen LogP contribution in [0.15, 0.2) is 18.2 Å². The number of nitrogens with zero attached hydrogens (tertiary/aromatic N) is 1. The van der Waals surface area contributed by atoms with E-state index < -0.39 is 0 Å². The van der Waals surface area contributed by atoms with Crippen molar-refractivity contribution in [2.45, 2.75) is 31.7 Å². The van der Waals surface area contributed by atoms with Crippen LogP contribution in [0.2, 0.25) is 5.02 Å². The summed E-state index contributed by atoms with van der Waals surface area (Å²) in [6, 6.07) is 4.87. The van der Waals surface area contributed by atoms with Gasteiger partial charge in [0.15, 0.2) is 0 Å². The van der Waals surface area contributed by atoms with E-state index in [1.54, 1.807) is 17.4 Å². The number of fused-ring (bicyclic) bond motifs is 1. The largest absolute Gasteiger partial charge is 0.307 e. The Bertz CT molecular complexity index is 603. The van der Waals surface area contributed by atoms with Crippen molar-refractivity contribution in [2.24, 2.45) is 0 Å². The van der Waals surface area contributed by atoms with Crippen LogP contribution in [0.25, 0.3) is 0 Å². The third-order valence-electron chi connectivity index (χ3n) is 3.67. The van der Waals surface area contributed by atoms with Gasteiger partial charge in [0.1, 0.15) is 10.8 Å². The molecule has 1 aliphatic carbocycles. The third kappa shape index (κ3) is 2.60. The minimum Gasteiger partial charge on any atom is -0.307 e. The minimum absolute atomic E-state index is 0.0719. The Hall–Kier alpha value is -0.970. The summed E-state index contributed by atoms with van der Waals surface area (Å²) in [5.74, 6) is -0.384. The predicted octanol–water partition coefficient (Wildman–Crippen LogP) is 4.12. The lowest BCUT2D eigenvalue weighted by Gasteiger charge is -2.14. The summed E-state index contributed by atoms with van der Waals surface area (Å²) in [7, 11) is 1.87. The maximum atomic E-state index is 13.6. The van der Waals surface area contributed by atoms with Crippen LogP contribution in [0.5, 0.6) is 0 Å². The highest BCUT2D eigenvalue weighted by Crippen LogP contribution is 2.33. The second kappa shape index (κ2) is 5.80. The normalized spacial score (nSPS) is 15.9. The SMILES string of the molecule is CNC(c1ccc(Cl)c(F)c1)c1nc2c(s1)CCCC2. The molecule has 1 N–H and O–H groups in total. The first-order valence-corrected chi connectivity index (χ1v) is 7.99. The fourth-order valence-corrected chi connectivity index (χ4v) is 4.03. The summed E-state index contributed by atoms with van der Waals surface area (Å²) < 4.78 is 13.6. The molecule has 0 aliphatic heterocycles. The minimum atomic E-state index is -0.384. The van der Waals surface area contributed by atoms with Crippen LogP contribution in [0.1, 0.15) is 40.0 Å². The van der Waals surface area contributed by atoms with E-state index in [1.165, 1.54) is 29.5 Å². The Morgan fingerprint density at radius 3 is 2.85 bits per heavy atom. The lowest BCUT2D eigenvalue weighted by molar-refractivity contribution is 0.615. The highest BCUT2D eigenvalue weighted by Gasteiger charge is 2.21. The van der Waals surface area contributed by atoms with E-state index in [1.807, 2.05) is 13.1 Å². The van der Waals surface area contributed by atoms with Crippen LogP contribution in [-0.2, 0) is 12.8 Å². The number of benzene rings is 1. The molecule has 3 rings (SSSR count). The molecule has 1 aliphatic rings. The molecule has 0 bridgehead atoms. The van der Waals surface area contributed by atoms with E-state index in [0.717, 1.165) is 23.4 Å². The molecule has 0 saturated carbocycles. The molecule has 0 spiro atoms. The van der Waals surface area contributed by atoms with Crippen molar-refractivity contribution in [3.05, 3.63) is 50.2 Å². The highest BCUT2D eigenvalue weighted by atomic mass is 35.5. The van der Waals surface area contributed by atoms with E-state index in [0.29, 0.717) is 0 Å². The maximum Gasteiger partial charge on any atom is 0.142 e. The topological polar surface area (TPSA) is 24.9 Å². The first-order valence-electron chi connectivity index (χ1n) is 6.79. The first kappa shape index (κ1) is 14.0. The molecule has 2 nitrogen and oxygen atoms in total. The molecule has 0 fully saturated rings. The number of hydrogen-bond acceptors (Lipinski definition) is 3. The van der Waals surface area contributed by atoms with Gasteiger partial charge in [-0.15, -0.1) is 11.3 Å². The maximum absolute atomic E-state index is 13.6. The Balaban J connectivity index is 1.96. The van der Waals surface area contributed by atoms with Crippen molar-refractivity contribution in [1.82, 2.24) is 10.3 Å². The van der Waals surface area contributed by atoms with Gasteiger partial charge in [-0.3, -0.25) is 0 Å². The Kier molecular flexibility index (Phi) is 4.06. The zero-order valence-corrected chi connectivity index (χ0v) is 12.8. The van der Waals surface area contributed by atoms with E-state index in [9.17, 15) is 4.39 Å². The van der Waals surface area contributed by atoms with Crippen molar-refractivity contribution in [3.63, 3.8) is 0 Å². The molecule has 1 atom stereocenters. The average Bonchev–Trinajstić information content (AvgIpc) is 2.87. The average molecular weight is 311 g/mol. The van der Waals surface area contributed by atoms with Crippen LogP contribution in [0, 0.1) is 5.82 Å². The van der Waals surface area contributed by atoms with Crippen molar-refractivity contribution >= 4 is 22.9 Å². The number of nitrogens with one attached hydrogen (secondary N) is 1. The van der Waals surface area contributed by atoms with Crippen LogP contribution in [0.3, 0.4) is 0 Å². The van der Waals surface area contributed by atoms with Gasteiger partial charge in [-0.05, 0) is 50.4 Å². The lowest BCUT2D eigenvalue weighted by Crippen LogP contribution is -2.17. The summed E-state index contributed by atoms with van der Waals surface area (Å²) in [5, 5.41) is 4.40. The van der Waals surface area contributed by atoms with Gasteiger partial charge in [0.2, 0.25) is 0 Å². The zero-order valence-electron chi connectivity index (χ0n) is 11.2. The number of thiazole rings is 1. The van der Waals surface area contributed by atoms with E-state index >= 15 is 0 Å². The zero-order chi connectivity index (χ0) is 14.1. The summed E-state index contributed by atoms with van der Waals surface area (Å²) in [6.45, 7) is 0. The molecule has 20 heavy (non-hydrogen) atoms. The predicted molar refractivity (Wildman–Crippen MR) is 81.1 cm³/mol. The van der Waals surface area contributed by atoms with Gasteiger partial charge in [0, 0.05) is 4.88 Å². The second-order valence-corrected chi connectivity index (χ2v) is 6.55. The van der Waals surface area contributed by atoms with Crippen molar-refractivity contribution in [1.29, 1.82) is 0 Å². The molecule has 1 heterocycles. The van der Waals surface area contributed by atoms with Crippen molar-refractivity contribution < 1.29 is 4.39 Å². The Morgan fingerprint density at radius 1 is 1.35 bits per heavy atom. The molecule has 1 unspecified atom stereocenters. The van der Waals surface area contributed by atoms with Gasteiger partial charge in [0.25, 0.3) is 0 Å². The van der Waals surface area contributed by atoms with Gasteiger partial charge in [-0.1, -0.05) is 17.7 Å². The molecule has 2 aromatic rings. The quantitative estimate of drug-likeness (QED) is 0.922. The summed E-state index contributed by atoms with van der Waals surface area (Å²) in [5.41, 5.74) is 2.09. The van der Waals surface area contributed by atoms with E-state index in [2.05, 4.69) is 5.32 Å². The monoisotopic (exact) mass is 310 g/mol. The van der Waals surface area contributed by atoms with Crippen LogP contribution >= 0.6 is 22.9 Å². The van der Waals surface area contributed by atoms with E-state index in [4.69, 9.17) is 16.6 Å². The molecule has 1 aromatic heterocycles. The van der Waals surface area contributed by atoms with E-state index in [-0.39, 0.29) is 16.9 Å². The molecule has 0 saturated heterocycles. The molecule has 1 aromatic carbocycles. The Labute approximate surface area is 127 Å². The van der Waals surface area contributed by atoms with Gasteiger partial charge in [-0.2, -0.15) is 0 Å². The summed E-state index contributed by atoms with van der Waals surface area (Å²) in [6.07, 6.45) is 4.65. The third-order valence-corrected chi connectivity index (χ3v) is 5.20. The summed E-state index contributed by atoms with van der Waals surface area (Å²) >= 11 is 7.49. The Morgan fingerprint density at radius 2 is 2.15 bits per heavy atom. The van der Waals surface area contributed by atoms with Gasteiger partial charge >= 0.3 is 0 Å². The van der Waals surface area contributed by atoms with Gasteiger partial charge in [0.05, 0.1) is 16.8 Å². The van der Waals surface area contributed by atoms with Crippen LogP contribution in [0.4, 0.5) is 4.39 Å². The second-order valence-electron chi connectivity index (χ2n) is 5.02. The fraction of sp³-hybridized carbons (Fsp3) is 0.400. The van der Waals surface area contributed by atoms with Gasteiger partial charge in [-0.25, -0.2) is 9.37 Å². The van der Waals surface area contributed by atoms with Gasteiger partial charge < -0.3 is 5.32 Å². The lowest BCUT2D eigenvalue weighted by atomic mass is 10.0. The molecule has 0 radical (unpaired) electrons. The van der Waals surface area contributed by atoms with Crippen LogP contribution in [-0.4, -0.2) is 12.0 Å². The van der Waals surface area contributed by atoms with Crippen molar-refractivity contribution in [3.8, 4) is 0 Å². The number of aryl methyl sites for hydroxylation is 2. The number of halogens is 2. The highest BCUT2D eigenvalue weighted by molar-refractivity contribution is 7.11. The first-order chi connectivity index (χ1) is 9.69. The molecular weight excluding hydrogens is 295 g/mol. The molecule has 106 valence electrons. The molecular formula is C15H16ClFN2S. The number of aromatic nitrogens is 1. The van der Waals surface area contributed by atoms with Crippen molar-refractivity contribution in [2.75, 3.05) is 7.05 Å². The standard InChI is InChI=1S/C15H16ClFN2S/c1-18-14(9-6-7-10(16)11(17)8-9)15-19-12-4-2-3-5-13(12)20-15/h6-8,14,18H,2-5H2,1H3. The van der Waals surface area contributed by atoms with Crippen LogP contribution < -0.4 is 5.32 Å². The molecule has 5 heteroatoms. The summed E-state index contributed by atoms with van der Waals surface area (Å²) in [4.78, 5) is 6.14. The smallest absolute Gasteiger partial charge is 0.142 e. The fourth-order valence-electron chi connectivity index (χ4n) is 2.62. The molecule has 0 amide bonds. The number of rotatable bonds is 3.